The second-order valence-corrected chi connectivity index (χ2v) is 2.56. The first-order chi connectivity index (χ1) is 4.27. The van der Waals surface area contributed by atoms with Gasteiger partial charge in [-0.3, -0.25) is 9.11 Å². The Morgan fingerprint density at radius 1 is 1.45 bits per heavy atom. The minimum absolute atomic E-state index is 0. The Morgan fingerprint density at radius 2 is 1.55 bits per heavy atom. The van der Waals surface area contributed by atoms with Crippen LogP contribution in [0.4, 0.5) is 0 Å². The summed E-state index contributed by atoms with van der Waals surface area (Å²) in [7, 11) is -4.67. The number of hydrogen-bond donors (Lipinski definition) is 4. The van der Waals surface area contributed by atoms with Crippen molar-refractivity contribution in [3.8, 4) is 0 Å². The molecule has 0 rings (SSSR count). The van der Waals surface area contributed by atoms with Gasteiger partial charge in [0.15, 0.2) is 0 Å². The standard InChI is InChI=1S/C3H10N2.H2O4S.Pd/c1-3(5)2-4;1-5(2,3)4;/h3H,2,4-5H2,1H3;(H2,1,2,3,4);. The average molecular weight is 279 g/mol. The molecule has 0 saturated carbocycles. The van der Waals surface area contributed by atoms with Crippen LogP contribution in [0, 0.1) is 0 Å². The zero-order valence-electron chi connectivity index (χ0n) is 5.87. The molecule has 6 N–H and O–H groups in total. The molecule has 0 saturated heterocycles. The predicted molar refractivity (Wildman–Crippen MR) is 36.9 cm³/mol. The Morgan fingerprint density at radius 3 is 1.55 bits per heavy atom. The largest absolute Gasteiger partial charge is 0.394 e. The van der Waals surface area contributed by atoms with Crippen LogP contribution < -0.4 is 11.5 Å². The van der Waals surface area contributed by atoms with Gasteiger partial charge < -0.3 is 11.5 Å². The minimum Gasteiger partial charge on any atom is -0.329 e. The number of nitrogens with two attached hydrogens (primary N) is 2. The molecule has 0 aromatic heterocycles. The van der Waals surface area contributed by atoms with E-state index in [9.17, 15) is 0 Å². The summed E-state index contributed by atoms with van der Waals surface area (Å²) in [4.78, 5) is 0. The third-order valence-electron chi connectivity index (χ3n) is 0.372. The van der Waals surface area contributed by atoms with Crippen molar-refractivity contribution in [3.63, 3.8) is 0 Å². The van der Waals surface area contributed by atoms with Crippen molar-refractivity contribution in [1.29, 1.82) is 0 Å². The van der Waals surface area contributed by atoms with E-state index in [0.717, 1.165) is 0 Å². The molecule has 0 aromatic carbocycles. The third kappa shape index (κ3) is 124. The van der Waals surface area contributed by atoms with Crippen molar-refractivity contribution < 1.29 is 37.9 Å². The van der Waals surface area contributed by atoms with Crippen LogP contribution in [-0.2, 0) is 30.8 Å². The first kappa shape index (κ1) is 17.5. The van der Waals surface area contributed by atoms with Crippen LogP contribution in [0.2, 0.25) is 0 Å². The van der Waals surface area contributed by atoms with Crippen molar-refractivity contribution >= 4 is 10.4 Å². The molecular formula is C3H12N2O4PdS. The van der Waals surface area contributed by atoms with Gasteiger partial charge in [-0.05, 0) is 6.92 Å². The van der Waals surface area contributed by atoms with Gasteiger partial charge in [-0.2, -0.15) is 8.42 Å². The molecular weight excluding hydrogens is 267 g/mol. The van der Waals surface area contributed by atoms with Gasteiger partial charge in [-0.15, -0.1) is 0 Å². The molecule has 0 aliphatic carbocycles. The van der Waals surface area contributed by atoms with Gasteiger partial charge in [0.05, 0.1) is 0 Å². The van der Waals surface area contributed by atoms with E-state index in [1.807, 2.05) is 6.92 Å². The molecule has 6 nitrogen and oxygen atoms in total. The van der Waals surface area contributed by atoms with E-state index in [1.54, 1.807) is 0 Å². The van der Waals surface area contributed by atoms with E-state index in [2.05, 4.69) is 0 Å². The van der Waals surface area contributed by atoms with Gasteiger partial charge in [-0.25, -0.2) is 0 Å². The monoisotopic (exact) mass is 278 g/mol. The molecule has 1 atom stereocenters. The summed E-state index contributed by atoms with van der Waals surface area (Å²) in [6.45, 7) is 2.46. The molecule has 0 radical (unpaired) electrons. The van der Waals surface area contributed by atoms with Crippen LogP contribution in [0.1, 0.15) is 6.92 Å². The molecule has 11 heavy (non-hydrogen) atoms. The number of rotatable bonds is 1. The smallest absolute Gasteiger partial charge is 0.329 e. The minimum atomic E-state index is -4.67. The summed E-state index contributed by atoms with van der Waals surface area (Å²) in [6.07, 6.45) is 0. The summed E-state index contributed by atoms with van der Waals surface area (Å²) in [5, 5.41) is 0. The average Bonchev–Trinajstić information content (AvgIpc) is 1.61. The van der Waals surface area contributed by atoms with E-state index in [4.69, 9.17) is 29.0 Å². The SMILES string of the molecule is CC(N)CN.O=S(=O)(O)O.[Pd]. The fourth-order valence-electron chi connectivity index (χ4n) is 0. The Bertz CT molecular complexity index is 149. The fourth-order valence-corrected chi connectivity index (χ4v) is 0. The maximum Gasteiger partial charge on any atom is 0.394 e. The van der Waals surface area contributed by atoms with Gasteiger partial charge in [0, 0.05) is 33.0 Å². The van der Waals surface area contributed by atoms with Crippen molar-refractivity contribution in [2.24, 2.45) is 11.5 Å². The van der Waals surface area contributed by atoms with E-state index in [0.29, 0.717) is 6.54 Å². The quantitative estimate of drug-likeness (QED) is 0.346. The molecule has 0 spiro atoms. The maximum absolute atomic E-state index is 8.74. The Kier molecular flexibility index (Phi) is 13.6. The molecule has 0 aromatic rings. The first-order valence-electron chi connectivity index (χ1n) is 2.43. The Hall–Kier alpha value is 0.452. The number of hydrogen-bond acceptors (Lipinski definition) is 4. The molecule has 0 amide bonds. The maximum atomic E-state index is 8.74. The molecule has 0 heterocycles. The van der Waals surface area contributed by atoms with Gasteiger partial charge >= 0.3 is 10.4 Å². The molecule has 8 heteroatoms. The fraction of sp³-hybridized carbons (Fsp3) is 1.00. The van der Waals surface area contributed by atoms with Crippen LogP contribution in [0.5, 0.6) is 0 Å². The Balaban J connectivity index is -0.000000107. The summed E-state index contributed by atoms with van der Waals surface area (Å²) in [6, 6.07) is 0.162. The molecule has 0 bridgehead atoms. The summed E-state index contributed by atoms with van der Waals surface area (Å²) in [5.74, 6) is 0. The van der Waals surface area contributed by atoms with E-state index in [-0.39, 0.29) is 26.5 Å². The van der Waals surface area contributed by atoms with Gasteiger partial charge in [0.2, 0.25) is 0 Å². The van der Waals surface area contributed by atoms with Crippen LogP contribution in [-0.4, -0.2) is 30.1 Å². The van der Waals surface area contributed by atoms with Crippen LogP contribution in [0.3, 0.4) is 0 Å². The van der Waals surface area contributed by atoms with Crippen LogP contribution in [0.25, 0.3) is 0 Å². The summed E-state index contributed by atoms with van der Waals surface area (Å²) >= 11 is 0. The Labute approximate surface area is 79.6 Å². The van der Waals surface area contributed by atoms with Gasteiger partial charge in [-0.1, -0.05) is 0 Å². The van der Waals surface area contributed by atoms with Crippen LogP contribution >= 0.6 is 0 Å². The normalized spacial score (nSPS) is 12.1. The summed E-state index contributed by atoms with van der Waals surface area (Å²) < 4.78 is 31.6. The zero-order valence-corrected chi connectivity index (χ0v) is 8.25. The molecule has 0 fully saturated rings. The third-order valence-corrected chi connectivity index (χ3v) is 0.372. The molecule has 1 unspecified atom stereocenters. The van der Waals surface area contributed by atoms with Gasteiger partial charge in [0.25, 0.3) is 0 Å². The predicted octanol–water partition coefficient (Wildman–Crippen LogP) is -1.36. The van der Waals surface area contributed by atoms with Crippen molar-refractivity contribution in [2.75, 3.05) is 6.54 Å². The van der Waals surface area contributed by atoms with E-state index < -0.39 is 10.4 Å². The summed E-state index contributed by atoms with van der Waals surface area (Å²) in [5.41, 5.74) is 10.2. The first-order valence-corrected chi connectivity index (χ1v) is 3.82. The second-order valence-electron chi connectivity index (χ2n) is 1.66. The second kappa shape index (κ2) is 8.55. The molecule has 74 valence electrons. The molecule has 0 aliphatic heterocycles. The van der Waals surface area contributed by atoms with Crippen molar-refractivity contribution in [3.05, 3.63) is 0 Å². The van der Waals surface area contributed by atoms with Crippen molar-refractivity contribution in [1.82, 2.24) is 0 Å². The van der Waals surface area contributed by atoms with E-state index >= 15 is 0 Å². The van der Waals surface area contributed by atoms with Crippen LogP contribution in [0.15, 0.2) is 0 Å². The topological polar surface area (TPSA) is 127 Å². The van der Waals surface area contributed by atoms with Gasteiger partial charge in [0.1, 0.15) is 0 Å². The molecule has 0 aliphatic rings. The zero-order chi connectivity index (χ0) is 8.78. The van der Waals surface area contributed by atoms with Crippen molar-refractivity contribution in [2.45, 2.75) is 13.0 Å². The van der Waals surface area contributed by atoms with E-state index in [1.165, 1.54) is 0 Å².